The van der Waals surface area contributed by atoms with Crippen molar-refractivity contribution in [3.63, 3.8) is 0 Å². The lowest BCUT2D eigenvalue weighted by Crippen LogP contribution is -2.62. The number of benzene rings is 2. The first-order valence-electron chi connectivity index (χ1n) is 26.3. The van der Waals surface area contributed by atoms with E-state index in [-0.39, 0.29) is 48.4 Å². The van der Waals surface area contributed by atoms with Crippen LogP contribution in [0, 0.1) is 23.7 Å². The number of phenolic OH excluding ortho intramolecular Hbond substituents is 1. The van der Waals surface area contributed by atoms with E-state index in [2.05, 4.69) is 75.4 Å². The molecule has 2 aromatic carbocycles. The molecule has 386 valence electrons. The third-order valence-corrected chi connectivity index (χ3v) is 18.1. The number of thiazole rings is 1. The van der Waals surface area contributed by atoms with Gasteiger partial charge in [-0.05, 0) is 124 Å². The Bertz CT molecular complexity index is 2760. The van der Waals surface area contributed by atoms with Crippen LogP contribution in [0.5, 0.6) is 5.75 Å². The molecule has 0 radical (unpaired) electrons. The number of anilines is 1. The van der Waals surface area contributed by atoms with E-state index < -0.39 is 29.5 Å². The second-order valence-electron chi connectivity index (χ2n) is 23.0. The predicted molar refractivity (Wildman–Crippen MR) is 280 cm³/mol. The Morgan fingerprint density at radius 2 is 1.59 bits per heavy atom. The summed E-state index contributed by atoms with van der Waals surface area (Å²) in [5, 5.41) is 27.2. The van der Waals surface area contributed by atoms with Crippen LogP contribution in [0.25, 0.3) is 16.1 Å². The van der Waals surface area contributed by atoms with Crippen LogP contribution in [0.3, 0.4) is 0 Å². The molecule has 73 heavy (non-hydrogen) atoms. The number of hydrogen-bond acceptors (Lipinski definition) is 15. The van der Waals surface area contributed by atoms with Gasteiger partial charge in [0, 0.05) is 79.3 Å². The molecule has 5 aliphatic heterocycles. The van der Waals surface area contributed by atoms with Crippen LogP contribution in [0.2, 0.25) is 0 Å². The Kier molecular flexibility index (Phi) is 13.1. The number of hydrogen-bond donors (Lipinski definition) is 7. The molecule has 2 bridgehead atoms. The molecule has 5 atom stereocenters. The number of aromatic nitrogens is 3. The molecule has 7 heterocycles. The van der Waals surface area contributed by atoms with E-state index in [0.717, 1.165) is 111 Å². The number of nitrogens with two attached hydrogens (primary N) is 1. The topological polar surface area (TPSA) is 217 Å². The minimum atomic E-state index is -0.879. The molecule has 17 nitrogen and oxygen atoms in total. The van der Waals surface area contributed by atoms with Crippen LogP contribution in [-0.2, 0) is 20.9 Å². The summed E-state index contributed by atoms with van der Waals surface area (Å²) in [5.41, 5.74) is 21.1. The first-order valence-corrected chi connectivity index (χ1v) is 27.1. The van der Waals surface area contributed by atoms with Crippen LogP contribution in [0.1, 0.15) is 107 Å². The van der Waals surface area contributed by atoms with Gasteiger partial charge in [0.05, 0.1) is 40.1 Å². The fourth-order valence-corrected chi connectivity index (χ4v) is 13.9. The lowest BCUT2D eigenvalue weighted by atomic mass is 9.49. The van der Waals surface area contributed by atoms with Gasteiger partial charge < -0.3 is 46.2 Å². The van der Waals surface area contributed by atoms with E-state index in [1.54, 1.807) is 24.0 Å². The highest BCUT2D eigenvalue weighted by atomic mass is 32.1. The van der Waals surface area contributed by atoms with Crippen LogP contribution in [0.4, 0.5) is 5.69 Å². The molecule has 1 spiro atoms. The van der Waals surface area contributed by atoms with E-state index in [9.17, 15) is 24.6 Å². The second kappa shape index (κ2) is 19.6. The minimum Gasteiger partial charge on any atom is -0.507 e. The SMILES string of the molecule is Cc1ncsc1-c1cnc(CNC(=O)[C@@H]2C[C@@H](O)CN2C(=O)[C@@H](NC(=O)[C@H]2CC3(C2)C[C@H](N2CCC(c4ccc(N5C6CCC5CN(C5=C(N)NNC(c7ccccc7O)=C5)C6)cc4)CC2)C3)C(C)(C)C)nc1. The number of phenols is 1. The number of fused-ring (bicyclic) bond motifs is 2. The fourth-order valence-electron chi connectivity index (χ4n) is 13.1. The zero-order valence-corrected chi connectivity index (χ0v) is 43.2. The molecular formula is C55H70N12O5S. The van der Waals surface area contributed by atoms with Crippen molar-refractivity contribution in [3.8, 4) is 16.2 Å². The van der Waals surface area contributed by atoms with Gasteiger partial charge in [-0.15, -0.1) is 11.3 Å². The third kappa shape index (κ3) is 9.73. The summed E-state index contributed by atoms with van der Waals surface area (Å²) in [5.74, 6) is 0.791. The quantitative estimate of drug-likeness (QED) is 0.0985. The molecule has 4 saturated heterocycles. The molecule has 18 heteroatoms. The monoisotopic (exact) mass is 1010 g/mol. The molecule has 8 N–H and O–H groups in total. The number of likely N-dealkylation sites (tertiary alicyclic amines) is 3. The molecule has 2 saturated carbocycles. The smallest absolute Gasteiger partial charge is 0.246 e. The molecule has 2 aromatic heterocycles. The van der Waals surface area contributed by atoms with Crippen molar-refractivity contribution >= 4 is 40.4 Å². The number of aliphatic hydroxyl groups excluding tert-OH is 1. The van der Waals surface area contributed by atoms with Gasteiger partial charge in [-0.25, -0.2) is 15.0 Å². The number of piperidine rings is 1. The Labute approximate surface area is 431 Å². The summed E-state index contributed by atoms with van der Waals surface area (Å²) in [4.78, 5) is 65.0. The Balaban J connectivity index is 0.629. The Hall–Kier alpha value is -6.24. The molecule has 2 aliphatic carbocycles. The maximum Gasteiger partial charge on any atom is 0.246 e. The van der Waals surface area contributed by atoms with E-state index in [4.69, 9.17) is 5.73 Å². The highest BCUT2D eigenvalue weighted by molar-refractivity contribution is 7.13. The first-order chi connectivity index (χ1) is 35.1. The predicted octanol–water partition coefficient (Wildman–Crippen LogP) is 5.09. The number of aryl methyl sites for hydroxylation is 1. The highest BCUT2D eigenvalue weighted by Gasteiger charge is 2.57. The van der Waals surface area contributed by atoms with Gasteiger partial charge in [-0.1, -0.05) is 45.0 Å². The Morgan fingerprint density at radius 1 is 0.890 bits per heavy atom. The lowest BCUT2D eigenvalue weighted by Gasteiger charge is -2.60. The maximum absolute atomic E-state index is 14.3. The van der Waals surface area contributed by atoms with Crippen molar-refractivity contribution in [3.05, 3.63) is 107 Å². The average molecular weight is 1010 g/mol. The number of para-hydroxylation sites is 1. The summed E-state index contributed by atoms with van der Waals surface area (Å²) in [6.45, 7) is 11.7. The summed E-state index contributed by atoms with van der Waals surface area (Å²) < 4.78 is 0. The van der Waals surface area contributed by atoms with Crippen molar-refractivity contribution in [2.45, 2.75) is 134 Å². The van der Waals surface area contributed by atoms with Gasteiger partial charge in [0.25, 0.3) is 0 Å². The van der Waals surface area contributed by atoms with Gasteiger partial charge in [-0.2, -0.15) is 0 Å². The molecular weight excluding hydrogens is 941 g/mol. The number of allylic oxidation sites excluding steroid dienone is 1. The number of nitrogens with zero attached hydrogens (tertiary/aromatic N) is 7. The number of aromatic hydroxyl groups is 1. The molecule has 11 rings (SSSR count). The van der Waals surface area contributed by atoms with E-state index in [1.165, 1.54) is 27.5 Å². The van der Waals surface area contributed by atoms with Gasteiger partial charge in [0.15, 0.2) is 0 Å². The zero-order valence-electron chi connectivity index (χ0n) is 42.4. The molecule has 6 fully saturated rings. The summed E-state index contributed by atoms with van der Waals surface area (Å²) in [6.07, 6.45) is 13.2. The highest BCUT2D eigenvalue weighted by Crippen LogP contribution is 2.60. The average Bonchev–Trinajstić information content (AvgIpc) is 4.05. The zero-order chi connectivity index (χ0) is 50.8. The van der Waals surface area contributed by atoms with Crippen molar-refractivity contribution in [2.75, 3.05) is 37.6 Å². The number of carbonyl (C=O) groups excluding carboxylic acids is 3. The van der Waals surface area contributed by atoms with Crippen LogP contribution < -0.4 is 32.1 Å². The standard InChI is InChI=1S/C55H70N12O5S/c1-32-48(73-31-60-32)36-25-57-47(58-26-36)27-59-52(71)45-19-41(68)30-66(45)53(72)49(54(2,3)4)61-51(70)35-21-55(22-35)23-40(24-55)64-17-15-34(16-18-64)33-9-11-37(12-10-33)67-38-13-14-39(67)29-65(28-38)44-20-43(62-63-50(44)56)42-7-5-6-8-46(42)69/h5-12,20,25-26,31,34-35,38-41,45,49,62-63,68-69H,13-19,21-24,27-30,56H2,1-4H3,(H,59,71)(H,61,70)/t35-,38?,39?,40-,41-,45+,49-,55?/m1/s1. The van der Waals surface area contributed by atoms with Crippen molar-refractivity contribution in [2.24, 2.45) is 22.5 Å². The number of aliphatic hydroxyl groups is 1. The van der Waals surface area contributed by atoms with Gasteiger partial charge in [-0.3, -0.25) is 25.2 Å². The summed E-state index contributed by atoms with van der Waals surface area (Å²) >= 11 is 1.51. The number of nitrogens with one attached hydrogen (secondary N) is 4. The molecule has 2 unspecified atom stereocenters. The van der Waals surface area contributed by atoms with Crippen molar-refractivity contribution in [1.29, 1.82) is 0 Å². The number of carbonyl (C=O) groups is 3. The molecule has 4 aromatic rings. The minimum absolute atomic E-state index is 0.0202. The van der Waals surface area contributed by atoms with E-state index >= 15 is 0 Å². The molecule has 3 amide bonds. The fraction of sp³-hybridized carbons (Fsp3) is 0.527. The summed E-state index contributed by atoms with van der Waals surface area (Å²) in [7, 11) is 0. The third-order valence-electron chi connectivity index (χ3n) is 17.1. The van der Waals surface area contributed by atoms with Crippen LogP contribution in [0.15, 0.2) is 84.0 Å². The second-order valence-corrected chi connectivity index (χ2v) is 23.8. The van der Waals surface area contributed by atoms with E-state index in [0.29, 0.717) is 35.7 Å². The largest absolute Gasteiger partial charge is 0.507 e. The Morgan fingerprint density at radius 3 is 2.25 bits per heavy atom. The van der Waals surface area contributed by atoms with Crippen molar-refractivity contribution in [1.82, 2.24) is 51.1 Å². The lowest BCUT2D eigenvalue weighted by molar-refractivity contribution is -0.150. The van der Waals surface area contributed by atoms with Crippen molar-refractivity contribution < 1.29 is 24.6 Å². The number of rotatable bonds is 12. The maximum atomic E-state index is 14.3. The van der Waals surface area contributed by atoms with Gasteiger partial charge in [0.2, 0.25) is 17.7 Å². The number of hydrazine groups is 1. The first kappa shape index (κ1) is 49.0. The molecule has 7 aliphatic rings. The van der Waals surface area contributed by atoms with Crippen LogP contribution >= 0.6 is 11.3 Å². The van der Waals surface area contributed by atoms with Gasteiger partial charge >= 0.3 is 0 Å². The van der Waals surface area contributed by atoms with E-state index in [1.807, 2.05) is 52.0 Å². The summed E-state index contributed by atoms with van der Waals surface area (Å²) in [6, 6.07) is 16.3. The van der Waals surface area contributed by atoms with Crippen LogP contribution in [-0.4, -0.2) is 127 Å². The number of β-amino-alcohol motifs (C(OH)–C–C–N with tert-alkyl or cyclic N) is 1. The van der Waals surface area contributed by atoms with Gasteiger partial charge in [0.1, 0.15) is 29.5 Å². The number of amides is 3. The number of piperazine rings is 1. The normalized spacial score (nSPS) is 27.7.